The monoisotopic (exact) mass is 436 g/mol. The number of hydrogen-bond acceptors (Lipinski definition) is 8. The van der Waals surface area contributed by atoms with Gasteiger partial charge >= 0.3 is 0 Å². The van der Waals surface area contributed by atoms with Crippen LogP contribution in [0.2, 0.25) is 0 Å². The number of anilines is 1. The Balaban J connectivity index is 1.45. The van der Waals surface area contributed by atoms with Crippen LogP contribution in [0.15, 0.2) is 59.9 Å². The lowest BCUT2D eigenvalue weighted by Crippen LogP contribution is -2.15. The van der Waals surface area contributed by atoms with Crippen molar-refractivity contribution < 1.29 is 14.3 Å². The van der Waals surface area contributed by atoms with E-state index in [-0.39, 0.29) is 11.7 Å². The van der Waals surface area contributed by atoms with E-state index >= 15 is 0 Å². The third-order valence-electron chi connectivity index (χ3n) is 4.46. The smallest absolute Gasteiger partial charge is 0.234 e. The normalized spacial score (nSPS) is 10.8. The van der Waals surface area contributed by atoms with Gasteiger partial charge in [-0.2, -0.15) is 0 Å². The van der Waals surface area contributed by atoms with E-state index in [0.717, 1.165) is 5.56 Å². The van der Waals surface area contributed by atoms with E-state index in [1.165, 1.54) is 25.2 Å². The highest BCUT2D eigenvalue weighted by Crippen LogP contribution is 2.29. The van der Waals surface area contributed by atoms with Crippen LogP contribution in [-0.2, 0) is 11.3 Å². The van der Waals surface area contributed by atoms with Crippen molar-refractivity contribution in [2.24, 2.45) is 0 Å². The summed E-state index contributed by atoms with van der Waals surface area (Å²) in [6, 6.07) is 15.1. The quantitative estimate of drug-likeness (QED) is 0.332. The lowest BCUT2D eigenvalue weighted by Gasteiger charge is -2.11. The fourth-order valence-corrected chi connectivity index (χ4v) is 3.69. The maximum absolute atomic E-state index is 12.5. The van der Waals surface area contributed by atoms with Crippen molar-refractivity contribution in [2.45, 2.75) is 11.6 Å². The average Bonchev–Trinajstić information content (AvgIpc) is 3.22. The lowest BCUT2D eigenvalue weighted by atomic mass is 10.2. The van der Waals surface area contributed by atoms with Crippen LogP contribution in [0, 0.1) is 0 Å². The molecule has 0 fully saturated rings. The van der Waals surface area contributed by atoms with Crippen molar-refractivity contribution in [3.8, 4) is 11.5 Å². The van der Waals surface area contributed by atoms with Crippen LogP contribution in [-0.4, -0.2) is 50.8 Å². The fourth-order valence-electron chi connectivity index (χ4n) is 2.96. The number of benzene rings is 2. The molecule has 0 aliphatic carbocycles. The van der Waals surface area contributed by atoms with E-state index in [2.05, 4.69) is 25.6 Å². The van der Waals surface area contributed by atoms with Gasteiger partial charge in [0.1, 0.15) is 22.9 Å². The Kier molecular flexibility index (Phi) is 6.27. The standard InChI is InChI=1S/C21H20N6O3S/c1-29-15-8-9-16(17(10-15)30-2)24-18(28)12-31-21-19-20(22-13-23-21)27(26-25-19)11-14-6-4-3-5-7-14/h3-10,13H,11-12H2,1-2H3,(H,24,28). The molecule has 0 spiro atoms. The van der Waals surface area contributed by atoms with Crippen LogP contribution >= 0.6 is 11.8 Å². The minimum atomic E-state index is -0.197. The molecule has 1 N–H and O–H groups in total. The molecule has 2 aromatic heterocycles. The van der Waals surface area contributed by atoms with E-state index < -0.39 is 0 Å². The molecule has 0 atom stereocenters. The van der Waals surface area contributed by atoms with Crippen molar-refractivity contribution in [2.75, 3.05) is 25.3 Å². The van der Waals surface area contributed by atoms with Crippen molar-refractivity contribution in [1.82, 2.24) is 25.0 Å². The zero-order chi connectivity index (χ0) is 21.6. The Morgan fingerprint density at radius 1 is 1.10 bits per heavy atom. The number of fused-ring (bicyclic) bond motifs is 1. The molecule has 2 aromatic carbocycles. The largest absolute Gasteiger partial charge is 0.497 e. The summed E-state index contributed by atoms with van der Waals surface area (Å²) in [5.74, 6) is 1.11. The second-order valence-electron chi connectivity index (χ2n) is 6.49. The molecule has 0 radical (unpaired) electrons. The van der Waals surface area contributed by atoms with Gasteiger partial charge in [-0.25, -0.2) is 14.6 Å². The van der Waals surface area contributed by atoms with Gasteiger partial charge in [-0.3, -0.25) is 4.79 Å². The predicted octanol–water partition coefficient (Wildman–Crippen LogP) is 3.02. The highest BCUT2D eigenvalue weighted by molar-refractivity contribution is 8.00. The minimum absolute atomic E-state index is 0.146. The molecule has 158 valence electrons. The number of thioether (sulfide) groups is 1. The maximum Gasteiger partial charge on any atom is 0.234 e. The van der Waals surface area contributed by atoms with E-state index in [4.69, 9.17) is 9.47 Å². The molecule has 10 heteroatoms. The molecule has 0 saturated carbocycles. The zero-order valence-electron chi connectivity index (χ0n) is 17.0. The Morgan fingerprint density at radius 3 is 2.71 bits per heavy atom. The van der Waals surface area contributed by atoms with Crippen molar-refractivity contribution in [3.05, 3.63) is 60.4 Å². The molecule has 0 aliphatic heterocycles. The summed E-state index contributed by atoms with van der Waals surface area (Å²) in [6.45, 7) is 0.552. The van der Waals surface area contributed by atoms with Crippen LogP contribution in [0.5, 0.6) is 11.5 Å². The molecule has 0 unspecified atom stereocenters. The van der Waals surface area contributed by atoms with Gasteiger partial charge < -0.3 is 14.8 Å². The molecule has 4 rings (SSSR count). The summed E-state index contributed by atoms with van der Waals surface area (Å²) in [7, 11) is 3.11. The summed E-state index contributed by atoms with van der Waals surface area (Å²) in [5.41, 5.74) is 2.85. The summed E-state index contributed by atoms with van der Waals surface area (Å²) in [4.78, 5) is 21.1. The SMILES string of the molecule is COc1ccc(NC(=O)CSc2ncnc3c2nnn3Cc2ccccc2)c(OC)c1. The van der Waals surface area contributed by atoms with Crippen LogP contribution in [0.1, 0.15) is 5.56 Å². The molecule has 0 aliphatic rings. The first-order valence-corrected chi connectivity index (χ1v) is 10.4. The lowest BCUT2D eigenvalue weighted by molar-refractivity contribution is -0.113. The number of amides is 1. The Morgan fingerprint density at radius 2 is 1.94 bits per heavy atom. The van der Waals surface area contributed by atoms with E-state index in [9.17, 15) is 4.79 Å². The van der Waals surface area contributed by atoms with Gasteiger partial charge in [0, 0.05) is 6.07 Å². The summed E-state index contributed by atoms with van der Waals surface area (Å²) in [5, 5.41) is 11.9. The Labute approximate surface area is 182 Å². The van der Waals surface area contributed by atoms with Crippen molar-refractivity contribution in [3.63, 3.8) is 0 Å². The number of nitrogens with zero attached hydrogens (tertiary/aromatic N) is 5. The van der Waals surface area contributed by atoms with Gasteiger partial charge in [0.05, 0.1) is 32.2 Å². The molecule has 0 bridgehead atoms. The number of methoxy groups -OCH3 is 2. The van der Waals surface area contributed by atoms with Gasteiger partial charge in [-0.05, 0) is 17.7 Å². The zero-order valence-corrected chi connectivity index (χ0v) is 17.8. The second kappa shape index (κ2) is 9.43. The van der Waals surface area contributed by atoms with Gasteiger partial charge in [-0.15, -0.1) is 5.10 Å². The average molecular weight is 436 g/mol. The van der Waals surface area contributed by atoms with Gasteiger partial charge in [0.15, 0.2) is 11.2 Å². The van der Waals surface area contributed by atoms with Crippen molar-refractivity contribution in [1.29, 1.82) is 0 Å². The highest BCUT2D eigenvalue weighted by atomic mass is 32.2. The molecule has 0 saturated heterocycles. The molecule has 31 heavy (non-hydrogen) atoms. The number of carbonyl (C=O) groups is 1. The topological polar surface area (TPSA) is 104 Å². The minimum Gasteiger partial charge on any atom is -0.497 e. The van der Waals surface area contributed by atoms with Crippen LogP contribution in [0.25, 0.3) is 11.2 Å². The molecule has 9 nitrogen and oxygen atoms in total. The molecule has 4 aromatic rings. The first-order chi connectivity index (χ1) is 15.2. The number of ether oxygens (including phenoxy) is 2. The second-order valence-corrected chi connectivity index (χ2v) is 7.45. The first-order valence-electron chi connectivity index (χ1n) is 9.40. The van der Waals surface area contributed by atoms with Gasteiger partial charge in [0.2, 0.25) is 5.91 Å². The maximum atomic E-state index is 12.5. The third-order valence-corrected chi connectivity index (χ3v) is 5.44. The van der Waals surface area contributed by atoms with Crippen LogP contribution in [0.4, 0.5) is 5.69 Å². The fraction of sp³-hybridized carbons (Fsp3) is 0.190. The summed E-state index contributed by atoms with van der Waals surface area (Å²) < 4.78 is 12.2. The van der Waals surface area contributed by atoms with E-state index in [0.29, 0.717) is 39.9 Å². The number of hydrogen-bond donors (Lipinski definition) is 1. The van der Waals surface area contributed by atoms with E-state index in [1.807, 2.05) is 30.3 Å². The third kappa shape index (κ3) is 4.75. The van der Waals surface area contributed by atoms with Gasteiger partial charge in [0.25, 0.3) is 0 Å². The van der Waals surface area contributed by atoms with Crippen LogP contribution < -0.4 is 14.8 Å². The number of aromatic nitrogens is 5. The number of rotatable bonds is 8. The summed E-state index contributed by atoms with van der Waals surface area (Å²) >= 11 is 1.27. The summed E-state index contributed by atoms with van der Waals surface area (Å²) in [6.07, 6.45) is 1.46. The number of carbonyl (C=O) groups excluding carboxylic acids is 1. The highest BCUT2D eigenvalue weighted by Gasteiger charge is 2.15. The molecule has 2 heterocycles. The van der Waals surface area contributed by atoms with E-state index in [1.54, 1.807) is 30.0 Å². The van der Waals surface area contributed by atoms with Crippen molar-refractivity contribution >= 4 is 34.5 Å². The van der Waals surface area contributed by atoms with Crippen LogP contribution in [0.3, 0.4) is 0 Å². The molecular formula is C21H20N6O3S. The molecular weight excluding hydrogens is 416 g/mol. The number of nitrogens with one attached hydrogen (secondary N) is 1. The first kappa shape index (κ1) is 20.6. The Hall–Kier alpha value is -3.66. The Bertz CT molecular complexity index is 1200. The van der Waals surface area contributed by atoms with Gasteiger partial charge in [-0.1, -0.05) is 47.3 Å². The predicted molar refractivity (Wildman–Crippen MR) is 118 cm³/mol. The molecule has 1 amide bonds.